The molecule has 4 aliphatic rings. The van der Waals surface area contributed by atoms with Crippen molar-refractivity contribution < 1.29 is 9.53 Å². The second kappa shape index (κ2) is 7.06. The maximum absolute atomic E-state index is 12.0. The first kappa shape index (κ1) is 17.6. The second-order valence-corrected chi connectivity index (χ2v) is 8.52. The zero-order valence-electron chi connectivity index (χ0n) is 15.7. The number of allylic oxidation sites excluding steroid dienone is 7. The Morgan fingerprint density at radius 2 is 1.77 bits per heavy atom. The van der Waals surface area contributed by atoms with Crippen molar-refractivity contribution >= 4 is 5.97 Å². The van der Waals surface area contributed by atoms with Crippen LogP contribution in [0.4, 0.5) is 0 Å². The molecule has 0 spiro atoms. The van der Waals surface area contributed by atoms with Crippen molar-refractivity contribution in [3.63, 3.8) is 0 Å². The number of carbonyl (C=O) groups is 1. The van der Waals surface area contributed by atoms with E-state index < -0.39 is 0 Å². The standard InChI is InChI=1S/C24H30O2/c1-4-15-11-17(21-8-6-7-20(15)21)9-10-18-12-16(5-2)22-13-19(14-23(18)22)24(25)26-3/h4-7,9-10,14-18,20-23H,1-2,8,11-13H2,3H3/b10-9-. The topological polar surface area (TPSA) is 26.3 Å². The minimum atomic E-state index is -0.158. The molecule has 0 aromatic carbocycles. The molecule has 2 fully saturated rings. The Morgan fingerprint density at radius 3 is 2.50 bits per heavy atom. The fraction of sp³-hybridized carbons (Fsp3) is 0.542. The molecule has 0 heterocycles. The quantitative estimate of drug-likeness (QED) is 0.508. The van der Waals surface area contributed by atoms with Gasteiger partial charge in [0.2, 0.25) is 0 Å². The summed E-state index contributed by atoms with van der Waals surface area (Å²) in [5.74, 6) is 4.56. The van der Waals surface area contributed by atoms with Gasteiger partial charge in [0.25, 0.3) is 0 Å². The summed E-state index contributed by atoms with van der Waals surface area (Å²) in [7, 11) is 1.47. The Bertz CT molecular complexity index is 682. The first-order chi connectivity index (χ1) is 12.7. The monoisotopic (exact) mass is 350 g/mol. The fourth-order valence-corrected chi connectivity index (χ4v) is 6.12. The van der Waals surface area contributed by atoms with E-state index in [0.29, 0.717) is 41.4 Å². The van der Waals surface area contributed by atoms with Crippen LogP contribution in [0.3, 0.4) is 0 Å². The van der Waals surface area contributed by atoms with Gasteiger partial charge in [-0.1, -0.05) is 42.5 Å². The van der Waals surface area contributed by atoms with Crippen molar-refractivity contribution in [2.24, 2.45) is 47.3 Å². The van der Waals surface area contributed by atoms with Crippen molar-refractivity contribution in [3.8, 4) is 0 Å². The number of ether oxygens (including phenoxy) is 1. The third-order valence-electron chi connectivity index (χ3n) is 7.44. The van der Waals surface area contributed by atoms with E-state index in [1.165, 1.54) is 20.0 Å². The van der Waals surface area contributed by atoms with E-state index in [1.54, 1.807) is 0 Å². The molecule has 0 aromatic rings. The van der Waals surface area contributed by atoms with Crippen LogP contribution < -0.4 is 0 Å². The van der Waals surface area contributed by atoms with Gasteiger partial charge in [0.15, 0.2) is 0 Å². The number of rotatable bonds is 5. The van der Waals surface area contributed by atoms with E-state index in [2.05, 4.69) is 55.7 Å². The highest BCUT2D eigenvalue weighted by Gasteiger charge is 2.45. The van der Waals surface area contributed by atoms with E-state index in [9.17, 15) is 4.79 Å². The van der Waals surface area contributed by atoms with Gasteiger partial charge in [0.1, 0.15) is 0 Å². The Kier molecular flexibility index (Phi) is 4.77. The molecule has 8 atom stereocenters. The molecule has 8 unspecified atom stereocenters. The summed E-state index contributed by atoms with van der Waals surface area (Å²) in [4.78, 5) is 12.0. The van der Waals surface area contributed by atoms with Crippen molar-refractivity contribution in [2.45, 2.75) is 25.7 Å². The van der Waals surface area contributed by atoms with Gasteiger partial charge in [-0.15, -0.1) is 13.2 Å². The average Bonchev–Trinajstić information content (AvgIpc) is 3.40. The van der Waals surface area contributed by atoms with Crippen molar-refractivity contribution in [1.29, 1.82) is 0 Å². The SMILES string of the molecule is C=CC1CC(/C=C\C2CC(C=C)C3CC(C(=O)OC)=CC23)C2CC=CC12. The lowest BCUT2D eigenvalue weighted by molar-refractivity contribution is -0.136. The molecule has 26 heavy (non-hydrogen) atoms. The van der Waals surface area contributed by atoms with E-state index in [4.69, 9.17) is 4.74 Å². The molecule has 0 N–H and O–H groups in total. The predicted octanol–water partition coefficient (Wildman–Crippen LogP) is 5.11. The zero-order valence-corrected chi connectivity index (χ0v) is 15.7. The van der Waals surface area contributed by atoms with Crippen LogP contribution in [0.1, 0.15) is 25.7 Å². The van der Waals surface area contributed by atoms with Crippen LogP contribution in [0.25, 0.3) is 0 Å². The Morgan fingerprint density at radius 1 is 1.04 bits per heavy atom. The number of fused-ring (bicyclic) bond motifs is 2. The van der Waals surface area contributed by atoms with E-state index >= 15 is 0 Å². The maximum Gasteiger partial charge on any atom is 0.333 e. The highest BCUT2D eigenvalue weighted by atomic mass is 16.5. The van der Waals surface area contributed by atoms with Crippen LogP contribution >= 0.6 is 0 Å². The van der Waals surface area contributed by atoms with Gasteiger partial charge < -0.3 is 4.74 Å². The minimum absolute atomic E-state index is 0.158. The number of carbonyl (C=O) groups excluding carboxylic acids is 1. The van der Waals surface area contributed by atoms with Crippen molar-refractivity contribution in [1.82, 2.24) is 0 Å². The third kappa shape index (κ3) is 2.84. The number of hydrogen-bond acceptors (Lipinski definition) is 2. The Hall–Kier alpha value is -1.83. The molecule has 0 bridgehead atoms. The Balaban J connectivity index is 1.50. The highest BCUT2D eigenvalue weighted by Crippen LogP contribution is 2.52. The van der Waals surface area contributed by atoms with E-state index in [-0.39, 0.29) is 5.97 Å². The molecule has 0 saturated heterocycles. The predicted molar refractivity (Wildman–Crippen MR) is 105 cm³/mol. The van der Waals surface area contributed by atoms with Crippen LogP contribution in [-0.2, 0) is 9.53 Å². The number of esters is 1. The van der Waals surface area contributed by atoms with Crippen LogP contribution in [-0.4, -0.2) is 13.1 Å². The first-order valence-electron chi connectivity index (χ1n) is 10.0. The summed E-state index contributed by atoms with van der Waals surface area (Å²) in [5.41, 5.74) is 0.861. The summed E-state index contributed by atoms with van der Waals surface area (Å²) < 4.78 is 4.95. The molecule has 0 amide bonds. The largest absolute Gasteiger partial charge is 0.466 e. The first-order valence-corrected chi connectivity index (χ1v) is 10.0. The van der Waals surface area contributed by atoms with Gasteiger partial charge in [0.05, 0.1) is 7.11 Å². The van der Waals surface area contributed by atoms with Crippen molar-refractivity contribution in [2.75, 3.05) is 7.11 Å². The molecule has 2 nitrogen and oxygen atoms in total. The summed E-state index contributed by atoms with van der Waals surface area (Å²) in [6.07, 6.45) is 20.6. The lowest BCUT2D eigenvalue weighted by atomic mass is 9.87. The number of hydrogen-bond donors (Lipinski definition) is 0. The lowest BCUT2D eigenvalue weighted by Gasteiger charge is -2.17. The van der Waals surface area contributed by atoms with Gasteiger partial charge >= 0.3 is 5.97 Å². The molecule has 4 rings (SSSR count). The molecular weight excluding hydrogens is 320 g/mol. The molecule has 4 aliphatic carbocycles. The fourth-order valence-electron chi connectivity index (χ4n) is 6.12. The molecule has 2 saturated carbocycles. The smallest absolute Gasteiger partial charge is 0.333 e. The van der Waals surface area contributed by atoms with Gasteiger partial charge in [-0.3, -0.25) is 0 Å². The normalized spacial score (nSPS) is 43.3. The summed E-state index contributed by atoms with van der Waals surface area (Å²) in [6, 6.07) is 0. The number of methoxy groups -OCH3 is 1. The minimum Gasteiger partial charge on any atom is -0.466 e. The van der Waals surface area contributed by atoms with Gasteiger partial charge in [-0.05, 0) is 73.0 Å². The average molecular weight is 351 g/mol. The third-order valence-corrected chi connectivity index (χ3v) is 7.44. The van der Waals surface area contributed by atoms with E-state index in [0.717, 1.165) is 24.3 Å². The van der Waals surface area contributed by atoms with Gasteiger partial charge in [-0.25, -0.2) is 4.79 Å². The van der Waals surface area contributed by atoms with Gasteiger partial charge in [-0.2, -0.15) is 0 Å². The van der Waals surface area contributed by atoms with Crippen LogP contribution in [0.5, 0.6) is 0 Å². The highest BCUT2D eigenvalue weighted by molar-refractivity contribution is 5.89. The van der Waals surface area contributed by atoms with Crippen molar-refractivity contribution in [3.05, 3.63) is 61.3 Å². The molecule has 0 aromatic heterocycles. The summed E-state index contributed by atoms with van der Waals surface area (Å²) >= 11 is 0. The lowest BCUT2D eigenvalue weighted by Crippen LogP contribution is -2.11. The molecule has 138 valence electrons. The zero-order chi connectivity index (χ0) is 18.3. The maximum atomic E-state index is 12.0. The molecule has 0 radical (unpaired) electrons. The molecule has 0 aliphatic heterocycles. The van der Waals surface area contributed by atoms with Crippen LogP contribution in [0.2, 0.25) is 0 Å². The molecular formula is C24H30O2. The molecule has 2 heteroatoms. The second-order valence-electron chi connectivity index (χ2n) is 8.52. The van der Waals surface area contributed by atoms with E-state index in [1.807, 2.05) is 0 Å². The summed E-state index contributed by atoms with van der Waals surface area (Å²) in [5, 5.41) is 0. The summed E-state index contributed by atoms with van der Waals surface area (Å²) in [6.45, 7) is 8.10. The van der Waals surface area contributed by atoms with Gasteiger partial charge in [0, 0.05) is 5.57 Å². The van der Waals surface area contributed by atoms with Crippen LogP contribution in [0.15, 0.2) is 61.3 Å². The van der Waals surface area contributed by atoms with Crippen LogP contribution in [0, 0.1) is 47.3 Å². The Labute approximate surface area is 157 Å².